The highest BCUT2D eigenvalue weighted by Crippen LogP contribution is 2.40. The number of nitrogens with zero attached hydrogens (tertiary/aromatic N) is 1. The second-order valence-electron chi connectivity index (χ2n) is 4.47. The predicted octanol–water partition coefficient (Wildman–Crippen LogP) is 4.99. The largest absolute Gasteiger partial charge is 0.301 e. The van der Waals surface area contributed by atoms with Gasteiger partial charge in [-0.05, 0) is 42.0 Å². The lowest BCUT2D eigenvalue weighted by molar-refractivity contribution is -0.117. The van der Waals surface area contributed by atoms with Crippen LogP contribution in [0.15, 0.2) is 57.5 Å². The van der Waals surface area contributed by atoms with E-state index in [9.17, 15) is 4.79 Å². The molecule has 2 aromatic carbocycles. The van der Waals surface area contributed by atoms with Gasteiger partial charge in [0.25, 0.3) is 0 Å². The van der Waals surface area contributed by atoms with Gasteiger partial charge in [-0.3, -0.25) is 4.79 Å². The molecule has 1 heterocycles. The topological polar surface area (TPSA) is 20.3 Å². The zero-order chi connectivity index (χ0) is 14.1. The Balaban J connectivity index is 1.83. The van der Waals surface area contributed by atoms with Crippen LogP contribution in [0.25, 0.3) is 0 Å². The molecule has 0 N–H and O–H groups in total. The maximum Gasteiger partial charge on any atom is 0.245 e. The number of carbonyl (C=O) groups excluding carboxylic acids is 1. The first-order valence-electron chi connectivity index (χ1n) is 6.09. The molecule has 20 heavy (non-hydrogen) atoms. The number of anilines is 1. The Morgan fingerprint density at radius 1 is 0.950 bits per heavy atom. The number of rotatable bonds is 2. The highest BCUT2D eigenvalue weighted by molar-refractivity contribution is 9.10. The van der Waals surface area contributed by atoms with Crippen molar-refractivity contribution in [3.63, 3.8) is 0 Å². The van der Waals surface area contributed by atoms with Crippen LogP contribution in [0.1, 0.15) is 10.8 Å². The molecule has 102 valence electrons. The van der Waals surface area contributed by atoms with Gasteiger partial charge in [-0.25, -0.2) is 0 Å². The van der Waals surface area contributed by atoms with E-state index in [2.05, 4.69) is 31.9 Å². The lowest BCUT2D eigenvalue weighted by atomic mass is 10.1. The van der Waals surface area contributed by atoms with Crippen LogP contribution in [0.2, 0.25) is 0 Å². The third-order valence-corrected chi connectivity index (χ3v) is 5.44. The molecule has 0 aliphatic carbocycles. The average Bonchev–Trinajstić information content (AvgIpc) is 2.83. The van der Waals surface area contributed by atoms with E-state index < -0.39 is 0 Å². The molecule has 5 heteroatoms. The van der Waals surface area contributed by atoms with Crippen LogP contribution < -0.4 is 4.90 Å². The van der Waals surface area contributed by atoms with Crippen LogP contribution >= 0.6 is 43.6 Å². The van der Waals surface area contributed by atoms with Crippen molar-refractivity contribution in [1.29, 1.82) is 0 Å². The average molecular weight is 413 g/mol. The Hall–Kier alpha value is -0.780. The smallest absolute Gasteiger partial charge is 0.245 e. The summed E-state index contributed by atoms with van der Waals surface area (Å²) in [7, 11) is 0. The molecule has 0 saturated carbocycles. The SMILES string of the molecule is O=C1C(c2ccc(Br)cc2)SCN1c1ccc(Br)cc1. The number of amides is 1. The fourth-order valence-electron chi connectivity index (χ4n) is 2.12. The van der Waals surface area contributed by atoms with E-state index in [1.807, 2.05) is 53.4 Å². The first-order valence-corrected chi connectivity index (χ1v) is 8.72. The normalized spacial score (nSPS) is 18.6. The summed E-state index contributed by atoms with van der Waals surface area (Å²) < 4.78 is 2.05. The third-order valence-electron chi connectivity index (χ3n) is 3.17. The highest BCUT2D eigenvalue weighted by Gasteiger charge is 2.34. The monoisotopic (exact) mass is 411 g/mol. The van der Waals surface area contributed by atoms with Crippen LogP contribution in [-0.4, -0.2) is 11.8 Å². The van der Waals surface area contributed by atoms with Crippen molar-refractivity contribution in [2.75, 3.05) is 10.8 Å². The van der Waals surface area contributed by atoms with E-state index in [4.69, 9.17) is 0 Å². The second-order valence-corrected chi connectivity index (χ2v) is 7.36. The van der Waals surface area contributed by atoms with Gasteiger partial charge in [-0.1, -0.05) is 44.0 Å². The van der Waals surface area contributed by atoms with Crippen molar-refractivity contribution >= 4 is 55.2 Å². The molecule has 1 atom stereocenters. The first-order chi connectivity index (χ1) is 9.65. The number of thioether (sulfide) groups is 1. The lowest BCUT2D eigenvalue weighted by Crippen LogP contribution is -2.26. The summed E-state index contributed by atoms with van der Waals surface area (Å²) in [5, 5.41) is -0.105. The van der Waals surface area contributed by atoms with Crippen molar-refractivity contribution in [2.24, 2.45) is 0 Å². The summed E-state index contributed by atoms with van der Waals surface area (Å²) >= 11 is 8.50. The van der Waals surface area contributed by atoms with Gasteiger partial charge in [-0.2, -0.15) is 0 Å². The van der Waals surface area contributed by atoms with Crippen LogP contribution in [0.3, 0.4) is 0 Å². The third kappa shape index (κ3) is 2.80. The number of carbonyl (C=O) groups is 1. The molecule has 2 aromatic rings. The summed E-state index contributed by atoms with van der Waals surface area (Å²) in [6.45, 7) is 0. The molecule has 1 aliphatic heterocycles. The van der Waals surface area contributed by atoms with Gasteiger partial charge >= 0.3 is 0 Å². The molecule has 1 aliphatic rings. The molecular weight excluding hydrogens is 402 g/mol. The molecule has 1 saturated heterocycles. The highest BCUT2D eigenvalue weighted by atomic mass is 79.9. The zero-order valence-electron chi connectivity index (χ0n) is 10.4. The van der Waals surface area contributed by atoms with Crippen molar-refractivity contribution in [1.82, 2.24) is 0 Å². The number of benzene rings is 2. The Morgan fingerprint density at radius 3 is 2.10 bits per heavy atom. The molecule has 3 rings (SSSR count). The predicted molar refractivity (Wildman–Crippen MR) is 91.0 cm³/mol. The van der Waals surface area contributed by atoms with E-state index in [1.54, 1.807) is 11.8 Å². The van der Waals surface area contributed by atoms with Crippen molar-refractivity contribution in [3.05, 3.63) is 63.0 Å². The maximum atomic E-state index is 12.6. The number of hydrogen-bond acceptors (Lipinski definition) is 2. The van der Waals surface area contributed by atoms with Crippen LogP contribution in [0.5, 0.6) is 0 Å². The minimum atomic E-state index is -0.105. The van der Waals surface area contributed by atoms with Crippen LogP contribution in [0, 0.1) is 0 Å². The molecular formula is C15H11Br2NOS. The molecule has 0 spiro atoms. The standard InChI is InChI=1S/C15H11Br2NOS/c16-11-3-1-10(2-4-11)14-15(19)18(9-20-14)13-7-5-12(17)6-8-13/h1-8,14H,9H2. The van der Waals surface area contributed by atoms with E-state index in [0.29, 0.717) is 5.88 Å². The molecule has 1 amide bonds. The van der Waals surface area contributed by atoms with Gasteiger partial charge in [0.1, 0.15) is 5.25 Å². The van der Waals surface area contributed by atoms with E-state index >= 15 is 0 Å². The van der Waals surface area contributed by atoms with E-state index in [1.165, 1.54) is 0 Å². The summed E-state index contributed by atoms with van der Waals surface area (Å²) in [6, 6.07) is 15.8. The Morgan fingerprint density at radius 2 is 1.50 bits per heavy atom. The van der Waals surface area contributed by atoms with Crippen LogP contribution in [0.4, 0.5) is 5.69 Å². The summed E-state index contributed by atoms with van der Waals surface area (Å²) in [5.41, 5.74) is 2.01. The Kier molecular flexibility index (Phi) is 4.19. The first kappa shape index (κ1) is 14.2. The minimum Gasteiger partial charge on any atom is -0.301 e. The van der Waals surface area contributed by atoms with Gasteiger partial charge in [0.05, 0.1) is 5.88 Å². The number of hydrogen-bond donors (Lipinski definition) is 0. The quantitative estimate of drug-likeness (QED) is 0.692. The van der Waals surface area contributed by atoms with Crippen LogP contribution in [-0.2, 0) is 4.79 Å². The summed E-state index contributed by atoms with van der Waals surface area (Å²) in [5.74, 6) is 0.848. The zero-order valence-corrected chi connectivity index (χ0v) is 14.4. The molecule has 0 aromatic heterocycles. The maximum absolute atomic E-state index is 12.6. The van der Waals surface area contributed by atoms with Crippen molar-refractivity contribution in [2.45, 2.75) is 5.25 Å². The van der Waals surface area contributed by atoms with Gasteiger partial charge in [0.15, 0.2) is 0 Å². The fourth-order valence-corrected chi connectivity index (χ4v) is 3.85. The van der Waals surface area contributed by atoms with Crippen molar-refractivity contribution in [3.8, 4) is 0 Å². The summed E-state index contributed by atoms with van der Waals surface area (Å²) in [6.07, 6.45) is 0. The molecule has 1 fully saturated rings. The molecule has 0 bridgehead atoms. The summed E-state index contributed by atoms with van der Waals surface area (Å²) in [4.78, 5) is 14.4. The number of halogens is 2. The van der Waals surface area contributed by atoms with Gasteiger partial charge in [0.2, 0.25) is 5.91 Å². The molecule has 2 nitrogen and oxygen atoms in total. The lowest BCUT2D eigenvalue weighted by Gasteiger charge is -2.16. The van der Waals surface area contributed by atoms with Crippen molar-refractivity contribution < 1.29 is 4.79 Å². The van der Waals surface area contributed by atoms with Gasteiger partial charge in [0, 0.05) is 14.6 Å². The van der Waals surface area contributed by atoms with Gasteiger partial charge < -0.3 is 4.90 Å². The van der Waals surface area contributed by atoms with E-state index in [-0.39, 0.29) is 11.2 Å². The second kappa shape index (κ2) is 5.92. The molecule has 0 radical (unpaired) electrons. The fraction of sp³-hybridized carbons (Fsp3) is 0.133. The van der Waals surface area contributed by atoms with E-state index in [0.717, 1.165) is 20.2 Å². The Labute approximate surface area is 138 Å². The van der Waals surface area contributed by atoms with Gasteiger partial charge in [-0.15, -0.1) is 11.8 Å². The Bertz CT molecular complexity index is 572. The molecule has 1 unspecified atom stereocenters. The minimum absolute atomic E-state index is 0.105.